The maximum absolute atomic E-state index is 14.1. The van der Waals surface area contributed by atoms with Crippen LogP contribution in [-0.4, -0.2) is 42.0 Å². The number of aryl methyl sites for hydroxylation is 3. The predicted molar refractivity (Wildman–Crippen MR) is 117 cm³/mol. The molecule has 1 aliphatic heterocycles. The van der Waals surface area contributed by atoms with Gasteiger partial charge in [-0.05, 0) is 55.2 Å². The first-order chi connectivity index (χ1) is 14.5. The maximum Gasteiger partial charge on any atom is 0.204 e. The number of hydrogen-bond acceptors (Lipinski definition) is 5. The molecule has 1 aliphatic rings. The number of ether oxygens (including phenoxy) is 2. The molecule has 0 spiro atoms. The molecule has 0 bridgehead atoms. The molecule has 0 amide bonds. The van der Waals surface area contributed by atoms with Crippen molar-refractivity contribution in [1.29, 1.82) is 0 Å². The lowest BCUT2D eigenvalue weighted by Gasteiger charge is -2.14. The third-order valence-corrected chi connectivity index (χ3v) is 5.41. The van der Waals surface area contributed by atoms with Gasteiger partial charge in [-0.3, -0.25) is 0 Å². The third-order valence-electron chi connectivity index (χ3n) is 5.41. The molecular formula is C23H29FN4O2. The SMILES string of the molecule is Cc1cc(OC2CCOC2)c2nc(NCCN)n(Cc3cc(C)c(F)c(C)c3)c2c1. The molecular weight excluding hydrogens is 383 g/mol. The summed E-state index contributed by atoms with van der Waals surface area (Å²) in [7, 11) is 0. The molecule has 7 heteroatoms. The van der Waals surface area contributed by atoms with Gasteiger partial charge in [0.1, 0.15) is 23.2 Å². The molecule has 1 saturated heterocycles. The van der Waals surface area contributed by atoms with Crippen molar-refractivity contribution in [3.8, 4) is 5.75 Å². The summed E-state index contributed by atoms with van der Waals surface area (Å²) in [5.41, 5.74) is 10.9. The zero-order valence-corrected chi connectivity index (χ0v) is 17.8. The first-order valence-electron chi connectivity index (χ1n) is 10.4. The van der Waals surface area contributed by atoms with Crippen LogP contribution in [0.5, 0.6) is 5.75 Å². The van der Waals surface area contributed by atoms with Crippen LogP contribution in [0.25, 0.3) is 11.0 Å². The van der Waals surface area contributed by atoms with Gasteiger partial charge in [0.15, 0.2) is 0 Å². The highest BCUT2D eigenvalue weighted by Crippen LogP contribution is 2.32. The third kappa shape index (κ3) is 4.13. The van der Waals surface area contributed by atoms with Gasteiger partial charge >= 0.3 is 0 Å². The van der Waals surface area contributed by atoms with E-state index in [1.165, 1.54) is 0 Å². The molecule has 1 aromatic heterocycles. The number of benzene rings is 2. The van der Waals surface area contributed by atoms with E-state index in [0.717, 1.165) is 46.9 Å². The number of rotatable bonds is 7. The molecule has 2 heterocycles. The first-order valence-corrected chi connectivity index (χ1v) is 10.4. The minimum atomic E-state index is -0.152. The van der Waals surface area contributed by atoms with E-state index < -0.39 is 0 Å². The van der Waals surface area contributed by atoms with Crippen LogP contribution in [0.3, 0.4) is 0 Å². The van der Waals surface area contributed by atoms with E-state index in [0.29, 0.717) is 37.4 Å². The Morgan fingerprint density at radius 3 is 2.67 bits per heavy atom. The quantitative estimate of drug-likeness (QED) is 0.619. The smallest absolute Gasteiger partial charge is 0.204 e. The van der Waals surface area contributed by atoms with Gasteiger partial charge in [-0.15, -0.1) is 0 Å². The zero-order valence-electron chi connectivity index (χ0n) is 17.8. The Morgan fingerprint density at radius 2 is 2.00 bits per heavy atom. The molecule has 6 nitrogen and oxygen atoms in total. The van der Waals surface area contributed by atoms with Crippen molar-refractivity contribution >= 4 is 17.0 Å². The highest BCUT2D eigenvalue weighted by Gasteiger charge is 2.21. The van der Waals surface area contributed by atoms with Crippen molar-refractivity contribution in [3.63, 3.8) is 0 Å². The van der Waals surface area contributed by atoms with Crippen LogP contribution in [0.15, 0.2) is 24.3 Å². The number of aromatic nitrogens is 2. The highest BCUT2D eigenvalue weighted by atomic mass is 19.1. The van der Waals surface area contributed by atoms with Gasteiger partial charge in [-0.25, -0.2) is 9.37 Å². The average molecular weight is 413 g/mol. The Morgan fingerprint density at radius 1 is 1.23 bits per heavy atom. The van der Waals surface area contributed by atoms with Crippen molar-refractivity contribution in [3.05, 3.63) is 52.3 Å². The van der Waals surface area contributed by atoms with Crippen molar-refractivity contribution in [2.45, 2.75) is 39.8 Å². The molecule has 2 aromatic carbocycles. The van der Waals surface area contributed by atoms with E-state index >= 15 is 0 Å². The number of nitrogens with two attached hydrogens (primary N) is 1. The molecule has 0 saturated carbocycles. The maximum atomic E-state index is 14.1. The molecule has 1 atom stereocenters. The van der Waals surface area contributed by atoms with Crippen molar-refractivity contribution in [2.24, 2.45) is 5.73 Å². The van der Waals surface area contributed by atoms with Gasteiger partial charge in [0.2, 0.25) is 5.95 Å². The van der Waals surface area contributed by atoms with Crippen LogP contribution in [0.1, 0.15) is 28.7 Å². The number of halogens is 1. The second-order valence-corrected chi connectivity index (χ2v) is 8.01. The van der Waals surface area contributed by atoms with Gasteiger partial charge in [-0.2, -0.15) is 0 Å². The van der Waals surface area contributed by atoms with E-state index in [1.54, 1.807) is 13.8 Å². The zero-order chi connectivity index (χ0) is 21.3. The van der Waals surface area contributed by atoms with Crippen molar-refractivity contribution in [1.82, 2.24) is 9.55 Å². The predicted octanol–water partition coefficient (Wildman–Crippen LogP) is 3.69. The van der Waals surface area contributed by atoms with Crippen molar-refractivity contribution < 1.29 is 13.9 Å². The second-order valence-electron chi connectivity index (χ2n) is 8.01. The summed E-state index contributed by atoms with van der Waals surface area (Å²) in [6.07, 6.45) is 0.922. The fourth-order valence-electron chi connectivity index (χ4n) is 3.99. The van der Waals surface area contributed by atoms with E-state index in [4.69, 9.17) is 20.2 Å². The Balaban J connectivity index is 1.79. The minimum absolute atomic E-state index is 0.0444. The average Bonchev–Trinajstić information content (AvgIpc) is 3.33. The first kappa shape index (κ1) is 20.6. The lowest BCUT2D eigenvalue weighted by atomic mass is 10.1. The number of nitrogens with one attached hydrogen (secondary N) is 1. The molecule has 3 aromatic rings. The van der Waals surface area contributed by atoms with Crippen molar-refractivity contribution in [2.75, 3.05) is 31.6 Å². The number of fused-ring (bicyclic) bond motifs is 1. The van der Waals surface area contributed by atoms with E-state index in [2.05, 4.69) is 16.0 Å². The second kappa shape index (κ2) is 8.62. The van der Waals surface area contributed by atoms with Crippen LogP contribution in [0.4, 0.5) is 10.3 Å². The molecule has 3 N–H and O–H groups in total. The largest absolute Gasteiger partial charge is 0.486 e. The van der Waals surface area contributed by atoms with E-state index in [1.807, 2.05) is 25.1 Å². The summed E-state index contributed by atoms with van der Waals surface area (Å²) < 4.78 is 27.9. The van der Waals surface area contributed by atoms with Crippen LogP contribution in [0, 0.1) is 26.6 Å². The fourth-order valence-corrected chi connectivity index (χ4v) is 3.99. The fraction of sp³-hybridized carbons (Fsp3) is 0.435. The van der Waals surface area contributed by atoms with Crippen LogP contribution >= 0.6 is 0 Å². The Labute approximate surface area is 176 Å². The topological polar surface area (TPSA) is 74.3 Å². The van der Waals surface area contributed by atoms with Crippen LogP contribution < -0.4 is 15.8 Å². The van der Waals surface area contributed by atoms with Gasteiger partial charge in [0, 0.05) is 19.5 Å². The van der Waals surface area contributed by atoms with Crippen LogP contribution in [-0.2, 0) is 11.3 Å². The number of nitrogens with zero attached hydrogens (tertiary/aromatic N) is 2. The molecule has 0 radical (unpaired) electrons. The van der Waals surface area contributed by atoms with E-state index in [-0.39, 0.29) is 11.9 Å². The molecule has 160 valence electrons. The summed E-state index contributed by atoms with van der Waals surface area (Å²) in [6, 6.07) is 7.92. The van der Waals surface area contributed by atoms with E-state index in [9.17, 15) is 4.39 Å². The Bertz CT molecular complexity index is 1030. The molecule has 30 heavy (non-hydrogen) atoms. The number of imidazole rings is 1. The molecule has 0 aliphatic carbocycles. The van der Waals surface area contributed by atoms with Gasteiger partial charge in [0.05, 0.1) is 25.3 Å². The lowest BCUT2D eigenvalue weighted by molar-refractivity contribution is 0.142. The standard InChI is InChI=1S/C23H29FN4O2/c1-14-8-19-22(20(9-14)30-18-4-7-29-13-18)27-23(26-6-5-25)28(19)12-17-10-15(2)21(24)16(3)11-17/h8-11,18H,4-7,12-13,25H2,1-3H3,(H,26,27). The monoisotopic (exact) mass is 412 g/mol. The highest BCUT2D eigenvalue weighted by molar-refractivity contribution is 5.85. The summed E-state index contributed by atoms with van der Waals surface area (Å²) in [6.45, 7) is 8.64. The molecule has 1 unspecified atom stereocenters. The number of hydrogen-bond donors (Lipinski definition) is 2. The summed E-state index contributed by atoms with van der Waals surface area (Å²) >= 11 is 0. The van der Waals surface area contributed by atoms with Gasteiger partial charge in [0.25, 0.3) is 0 Å². The van der Waals surface area contributed by atoms with Gasteiger partial charge in [-0.1, -0.05) is 12.1 Å². The number of anilines is 1. The Kier molecular flexibility index (Phi) is 5.92. The summed E-state index contributed by atoms with van der Waals surface area (Å²) in [4.78, 5) is 4.85. The Hall–Kier alpha value is -2.64. The normalized spacial score (nSPS) is 16.4. The molecule has 1 fully saturated rings. The molecule has 4 rings (SSSR count). The van der Waals surface area contributed by atoms with Crippen LogP contribution in [0.2, 0.25) is 0 Å². The minimum Gasteiger partial charge on any atom is -0.486 e. The van der Waals surface area contributed by atoms with Gasteiger partial charge < -0.3 is 25.1 Å². The lowest BCUT2D eigenvalue weighted by Crippen LogP contribution is -2.16. The summed E-state index contributed by atoms with van der Waals surface area (Å²) in [5, 5.41) is 3.33. The summed E-state index contributed by atoms with van der Waals surface area (Å²) in [5.74, 6) is 1.34.